The van der Waals surface area contributed by atoms with Crippen LogP contribution in [0.3, 0.4) is 0 Å². The molecule has 2 rings (SSSR count). The van der Waals surface area contributed by atoms with Crippen LogP contribution in [-0.2, 0) is 4.79 Å². The Morgan fingerprint density at radius 2 is 1.50 bits per heavy atom. The Balaban J connectivity index is 2.07. The van der Waals surface area contributed by atoms with E-state index in [0.717, 1.165) is 11.3 Å². The number of carbonyl (C=O) groups excluding carboxylic acids is 2. The predicted octanol–water partition coefficient (Wildman–Crippen LogP) is 3.45. The Morgan fingerprint density at radius 1 is 0.923 bits per heavy atom. The second-order valence-corrected chi connectivity index (χ2v) is 6.99. The van der Waals surface area contributed by atoms with Crippen molar-refractivity contribution in [2.75, 3.05) is 24.3 Å². The fraction of sp³-hybridized carbons (Fsp3) is 0.333. The van der Waals surface area contributed by atoms with E-state index in [4.69, 9.17) is 0 Å². The van der Waals surface area contributed by atoms with E-state index in [0.29, 0.717) is 11.3 Å². The number of hydrogen-bond donors (Lipinski definition) is 2. The van der Waals surface area contributed by atoms with Gasteiger partial charge in [0.05, 0.1) is 0 Å². The highest BCUT2D eigenvalue weighted by Crippen LogP contribution is 2.16. The second kappa shape index (κ2) is 8.52. The molecule has 0 saturated heterocycles. The van der Waals surface area contributed by atoms with Gasteiger partial charge in [0, 0.05) is 31.0 Å². The lowest BCUT2D eigenvalue weighted by Crippen LogP contribution is -2.47. The van der Waals surface area contributed by atoms with E-state index in [2.05, 4.69) is 10.6 Å². The van der Waals surface area contributed by atoms with Crippen molar-refractivity contribution in [1.29, 1.82) is 0 Å². The fourth-order valence-corrected chi connectivity index (χ4v) is 2.53. The maximum absolute atomic E-state index is 12.7. The van der Waals surface area contributed by atoms with Crippen LogP contribution < -0.4 is 15.5 Å². The summed E-state index contributed by atoms with van der Waals surface area (Å²) in [6.07, 6.45) is 0. The van der Waals surface area contributed by atoms with E-state index < -0.39 is 6.04 Å². The molecule has 5 heteroatoms. The number of carbonyl (C=O) groups is 2. The normalized spacial score (nSPS) is 11.8. The van der Waals surface area contributed by atoms with Gasteiger partial charge >= 0.3 is 0 Å². The van der Waals surface area contributed by atoms with Crippen molar-refractivity contribution in [1.82, 2.24) is 5.32 Å². The molecule has 0 bridgehead atoms. The fourth-order valence-electron chi connectivity index (χ4n) is 2.53. The minimum Gasteiger partial charge on any atom is -0.378 e. The number of benzene rings is 2. The van der Waals surface area contributed by atoms with Gasteiger partial charge in [-0.2, -0.15) is 0 Å². The molecule has 2 amide bonds. The number of nitrogens with zero attached hydrogens (tertiary/aromatic N) is 1. The number of amides is 2. The second-order valence-electron chi connectivity index (χ2n) is 6.99. The van der Waals surface area contributed by atoms with E-state index in [-0.39, 0.29) is 17.7 Å². The molecule has 1 unspecified atom stereocenters. The third-order valence-corrected chi connectivity index (χ3v) is 4.20. The summed E-state index contributed by atoms with van der Waals surface area (Å²) in [5, 5.41) is 5.73. The van der Waals surface area contributed by atoms with Crippen molar-refractivity contribution in [3.8, 4) is 0 Å². The molecule has 0 spiro atoms. The molecule has 2 N–H and O–H groups in total. The van der Waals surface area contributed by atoms with Crippen molar-refractivity contribution in [3.05, 3.63) is 59.7 Å². The maximum Gasteiger partial charge on any atom is 0.251 e. The first-order valence-electron chi connectivity index (χ1n) is 8.73. The Labute approximate surface area is 155 Å². The zero-order valence-electron chi connectivity index (χ0n) is 16.0. The van der Waals surface area contributed by atoms with Gasteiger partial charge in [0.25, 0.3) is 5.91 Å². The summed E-state index contributed by atoms with van der Waals surface area (Å²) in [5.74, 6) is -0.509. The van der Waals surface area contributed by atoms with Crippen LogP contribution in [0, 0.1) is 12.8 Å². The molecular weight excluding hydrogens is 326 g/mol. The quantitative estimate of drug-likeness (QED) is 0.836. The highest BCUT2D eigenvalue weighted by Gasteiger charge is 2.24. The first-order valence-corrected chi connectivity index (χ1v) is 8.73. The van der Waals surface area contributed by atoms with Crippen LogP contribution in [0.15, 0.2) is 48.5 Å². The monoisotopic (exact) mass is 353 g/mol. The summed E-state index contributed by atoms with van der Waals surface area (Å²) in [4.78, 5) is 27.1. The van der Waals surface area contributed by atoms with Crippen LogP contribution in [0.5, 0.6) is 0 Å². The van der Waals surface area contributed by atoms with Crippen LogP contribution in [0.4, 0.5) is 11.4 Å². The van der Waals surface area contributed by atoms with Crippen LogP contribution in [-0.4, -0.2) is 32.0 Å². The highest BCUT2D eigenvalue weighted by molar-refractivity contribution is 6.01. The van der Waals surface area contributed by atoms with Crippen LogP contribution >= 0.6 is 0 Å². The number of anilines is 2. The number of nitrogens with one attached hydrogen (secondary N) is 2. The highest BCUT2D eigenvalue weighted by atomic mass is 16.2. The Morgan fingerprint density at radius 3 is 2.00 bits per heavy atom. The van der Waals surface area contributed by atoms with Crippen molar-refractivity contribution in [2.45, 2.75) is 26.8 Å². The summed E-state index contributed by atoms with van der Waals surface area (Å²) in [5.41, 5.74) is 3.39. The standard InChI is InChI=1S/C21H27N3O2/c1-14(2)19(23-20(25)16-8-6-15(3)7-9-16)21(26)22-17-10-12-18(13-11-17)24(4)5/h6-14,19H,1-5H3,(H,22,26)(H,23,25). The van der Waals surface area contributed by atoms with Gasteiger partial charge < -0.3 is 15.5 Å². The first-order chi connectivity index (χ1) is 12.3. The molecule has 0 aliphatic heterocycles. The average Bonchev–Trinajstić information content (AvgIpc) is 2.60. The minimum atomic E-state index is -0.614. The molecule has 0 aromatic heterocycles. The largest absolute Gasteiger partial charge is 0.378 e. The van der Waals surface area contributed by atoms with Gasteiger partial charge in [0.2, 0.25) is 5.91 Å². The predicted molar refractivity (Wildman–Crippen MR) is 107 cm³/mol. The molecule has 0 aliphatic rings. The Kier molecular flexibility index (Phi) is 6.39. The minimum absolute atomic E-state index is 0.0366. The van der Waals surface area contributed by atoms with E-state index in [1.54, 1.807) is 12.1 Å². The summed E-state index contributed by atoms with van der Waals surface area (Å²) in [6, 6.07) is 14.3. The molecule has 26 heavy (non-hydrogen) atoms. The Bertz CT molecular complexity index is 750. The van der Waals surface area contributed by atoms with Crippen LogP contribution in [0.1, 0.15) is 29.8 Å². The van der Waals surface area contributed by atoms with Gasteiger partial charge in [-0.1, -0.05) is 31.5 Å². The molecule has 2 aromatic rings. The first kappa shape index (κ1) is 19.5. The number of rotatable bonds is 6. The lowest BCUT2D eigenvalue weighted by molar-refractivity contribution is -0.118. The maximum atomic E-state index is 12.7. The third kappa shape index (κ3) is 5.09. The third-order valence-electron chi connectivity index (χ3n) is 4.20. The summed E-state index contributed by atoms with van der Waals surface area (Å²) < 4.78 is 0. The summed E-state index contributed by atoms with van der Waals surface area (Å²) >= 11 is 0. The van der Waals surface area contributed by atoms with Gasteiger partial charge in [0.1, 0.15) is 6.04 Å². The molecule has 0 radical (unpaired) electrons. The Hall–Kier alpha value is -2.82. The summed E-state index contributed by atoms with van der Waals surface area (Å²) in [6.45, 7) is 5.79. The van der Waals surface area contributed by atoms with Crippen molar-refractivity contribution < 1.29 is 9.59 Å². The van der Waals surface area contributed by atoms with Gasteiger partial charge in [0.15, 0.2) is 0 Å². The molecule has 138 valence electrons. The molecule has 5 nitrogen and oxygen atoms in total. The topological polar surface area (TPSA) is 61.4 Å². The van der Waals surface area contributed by atoms with Crippen LogP contribution in [0.25, 0.3) is 0 Å². The van der Waals surface area contributed by atoms with E-state index in [1.807, 2.05) is 76.2 Å². The smallest absolute Gasteiger partial charge is 0.251 e. The van der Waals surface area contributed by atoms with Crippen molar-refractivity contribution >= 4 is 23.2 Å². The van der Waals surface area contributed by atoms with Gasteiger partial charge in [-0.05, 0) is 49.2 Å². The molecule has 2 aromatic carbocycles. The average molecular weight is 353 g/mol. The van der Waals surface area contributed by atoms with Gasteiger partial charge in [-0.3, -0.25) is 9.59 Å². The molecule has 0 aliphatic carbocycles. The number of aryl methyl sites for hydroxylation is 1. The zero-order valence-corrected chi connectivity index (χ0v) is 16.0. The lowest BCUT2D eigenvalue weighted by Gasteiger charge is -2.22. The molecule has 1 atom stereocenters. The lowest BCUT2D eigenvalue weighted by atomic mass is 10.0. The van der Waals surface area contributed by atoms with Crippen molar-refractivity contribution in [2.24, 2.45) is 5.92 Å². The molecule has 0 fully saturated rings. The van der Waals surface area contributed by atoms with E-state index in [1.165, 1.54) is 0 Å². The molecule has 0 heterocycles. The molecular formula is C21H27N3O2. The van der Waals surface area contributed by atoms with E-state index in [9.17, 15) is 9.59 Å². The van der Waals surface area contributed by atoms with Gasteiger partial charge in [-0.25, -0.2) is 0 Å². The van der Waals surface area contributed by atoms with E-state index >= 15 is 0 Å². The number of hydrogen-bond acceptors (Lipinski definition) is 3. The SMILES string of the molecule is Cc1ccc(C(=O)NC(C(=O)Nc2ccc(N(C)C)cc2)C(C)C)cc1. The summed E-state index contributed by atoms with van der Waals surface area (Å²) in [7, 11) is 3.92. The zero-order chi connectivity index (χ0) is 19.3. The van der Waals surface area contributed by atoms with Crippen LogP contribution in [0.2, 0.25) is 0 Å². The van der Waals surface area contributed by atoms with Gasteiger partial charge in [-0.15, -0.1) is 0 Å². The molecule has 0 saturated carbocycles. The van der Waals surface area contributed by atoms with Crippen molar-refractivity contribution in [3.63, 3.8) is 0 Å².